The van der Waals surface area contributed by atoms with Gasteiger partial charge in [-0.05, 0) is 31.5 Å². The van der Waals surface area contributed by atoms with Gasteiger partial charge in [0.05, 0.1) is 4.90 Å². The Bertz CT molecular complexity index is 859. The molecule has 7 nitrogen and oxygen atoms in total. The molecule has 0 bridgehead atoms. The maximum Gasteiger partial charge on any atom is 0.266 e. The van der Waals surface area contributed by atoms with Gasteiger partial charge in [0.15, 0.2) is 5.78 Å². The Morgan fingerprint density at radius 3 is 2.74 bits per heavy atom. The average molecular weight is 335 g/mol. The Labute approximate surface area is 134 Å². The van der Waals surface area contributed by atoms with Gasteiger partial charge in [-0.2, -0.15) is 5.10 Å². The second kappa shape index (κ2) is 7.30. The first-order valence-corrected chi connectivity index (χ1v) is 8.51. The summed E-state index contributed by atoms with van der Waals surface area (Å²) in [5.74, 6) is -0.198. The Morgan fingerprint density at radius 1 is 1.26 bits per heavy atom. The van der Waals surface area contributed by atoms with Crippen LogP contribution in [0.4, 0.5) is 0 Å². The van der Waals surface area contributed by atoms with Crippen LogP contribution < -0.4 is 10.3 Å². The third-order valence-corrected chi connectivity index (χ3v) is 4.63. The van der Waals surface area contributed by atoms with Gasteiger partial charge in [-0.1, -0.05) is 12.1 Å². The van der Waals surface area contributed by atoms with Crippen LogP contribution >= 0.6 is 0 Å². The molecule has 0 spiro atoms. The van der Waals surface area contributed by atoms with Gasteiger partial charge in [0.25, 0.3) is 5.56 Å². The van der Waals surface area contributed by atoms with Crippen LogP contribution in [-0.2, 0) is 16.6 Å². The number of carbonyl (C=O) groups is 1. The smallest absolute Gasteiger partial charge is 0.266 e. The molecule has 0 aliphatic carbocycles. The van der Waals surface area contributed by atoms with Crippen molar-refractivity contribution < 1.29 is 13.2 Å². The number of ketones is 1. The first-order valence-electron chi connectivity index (χ1n) is 7.03. The van der Waals surface area contributed by atoms with Crippen LogP contribution in [-0.4, -0.2) is 30.5 Å². The van der Waals surface area contributed by atoms with Crippen LogP contribution in [0.15, 0.2) is 52.3 Å². The fourth-order valence-corrected chi connectivity index (χ4v) is 3.08. The van der Waals surface area contributed by atoms with Crippen LogP contribution in [0.1, 0.15) is 23.7 Å². The largest absolute Gasteiger partial charge is 0.295 e. The van der Waals surface area contributed by atoms with E-state index in [4.69, 9.17) is 0 Å². The number of nitrogens with zero attached hydrogens (tertiary/aromatic N) is 2. The summed E-state index contributed by atoms with van der Waals surface area (Å²) < 4.78 is 28.1. The Hall–Kier alpha value is -2.32. The maximum atomic E-state index is 12.2. The zero-order valence-corrected chi connectivity index (χ0v) is 13.4. The van der Waals surface area contributed by atoms with E-state index in [1.54, 1.807) is 12.1 Å². The van der Waals surface area contributed by atoms with Gasteiger partial charge in [0.1, 0.15) is 0 Å². The number of benzene rings is 1. The van der Waals surface area contributed by atoms with Crippen molar-refractivity contribution in [1.29, 1.82) is 0 Å². The fraction of sp³-hybridized carbons (Fsp3) is 0.267. The normalized spacial score (nSPS) is 11.3. The lowest BCUT2D eigenvalue weighted by molar-refractivity contribution is 0.101. The number of aryl methyl sites for hydroxylation is 1. The molecular weight excluding hydrogens is 318 g/mol. The number of hydrogen-bond donors (Lipinski definition) is 1. The molecular formula is C15H17N3O4S. The molecule has 0 radical (unpaired) electrons. The number of sulfonamides is 1. The van der Waals surface area contributed by atoms with Crippen molar-refractivity contribution in [2.75, 3.05) is 6.54 Å². The minimum absolute atomic E-state index is 0.0419. The van der Waals surface area contributed by atoms with Gasteiger partial charge in [-0.15, -0.1) is 0 Å². The standard InChI is InChI=1S/C15H17N3O4S/c1-12(19)13-5-2-6-14(11-13)23(21,22)17-9-4-10-18-15(20)7-3-8-16-18/h2-3,5-8,11,17H,4,9-10H2,1H3. The summed E-state index contributed by atoms with van der Waals surface area (Å²) in [6.07, 6.45) is 1.92. The molecule has 0 amide bonds. The first kappa shape index (κ1) is 17.0. The topological polar surface area (TPSA) is 98.1 Å². The molecule has 2 rings (SSSR count). The van der Waals surface area contributed by atoms with Crippen molar-refractivity contribution in [1.82, 2.24) is 14.5 Å². The highest BCUT2D eigenvalue weighted by molar-refractivity contribution is 7.89. The molecule has 2 aromatic rings. The SMILES string of the molecule is CC(=O)c1cccc(S(=O)(=O)NCCCn2ncccc2=O)c1. The lowest BCUT2D eigenvalue weighted by Crippen LogP contribution is -2.28. The lowest BCUT2D eigenvalue weighted by Gasteiger charge is -2.08. The Morgan fingerprint density at radius 2 is 2.04 bits per heavy atom. The quantitative estimate of drug-likeness (QED) is 0.596. The van der Waals surface area contributed by atoms with Crippen LogP contribution in [0.3, 0.4) is 0 Å². The molecule has 0 aliphatic heterocycles. The van der Waals surface area contributed by atoms with E-state index in [0.29, 0.717) is 18.5 Å². The Kier molecular flexibility index (Phi) is 5.41. The summed E-state index contributed by atoms with van der Waals surface area (Å²) in [6.45, 7) is 1.86. The number of nitrogens with one attached hydrogen (secondary N) is 1. The summed E-state index contributed by atoms with van der Waals surface area (Å²) in [5, 5.41) is 3.89. The molecule has 0 saturated carbocycles. The third kappa shape index (κ3) is 4.57. The zero-order chi connectivity index (χ0) is 16.9. The van der Waals surface area contributed by atoms with Gasteiger partial charge in [-0.3, -0.25) is 9.59 Å². The average Bonchev–Trinajstić information content (AvgIpc) is 2.53. The summed E-state index contributed by atoms with van der Waals surface area (Å²) in [6, 6.07) is 8.80. The molecule has 23 heavy (non-hydrogen) atoms. The van der Waals surface area contributed by atoms with E-state index >= 15 is 0 Å². The van der Waals surface area contributed by atoms with E-state index in [9.17, 15) is 18.0 Å². The van der Waals surface area contributed by atoms with E-state index in [1.807, 2.05) is 0 Å². The number of carbonyl (C=O) groups excluding carboxylic acids is 1. The first-order chi connectivity index (χ1) is 10.9. The minimum atomic E-state index is -3.69. The number of aromatic nitrogens is 2. The third-order valence-electron chi connectivity index (χ3n) is 3.17. The highest BCUT2D eigenvalue weighted by Crippen LogP contribution is 2.11. The molecule has 0 atom stereocenters. The number of Topliss-reactive ketones (excluding diaryl/α,β-unsaturated/α-hetero) is 1. The molecule has 8 heteroatoms. The molecule has 1 N–H and O–H groups in total. The highest BCUT2D eigenvalue weighted by atomic mass is 32.2. The molecule has 1 aromatic carbocycles. The summed E-state index contributed by atoms with van der Waals surface area (Å²) in [4.78, 5) is 22.8. The van der Waals surface area contributed by atoms with Gasteiger partial charge < -0.3 is 0 Å². The van der Waals surface area contributed by atoms with Crippen LogP contribution in [0, 0.1) is 0 Å². The van der Waals surface area contributed by atoms with Crippen molar-refractivity contribution in [2.45, 2.75) is 24.8 Å². The van der Waals surface area contributed by atoms with E-state index in [-0.39, 0.29) is 22.8 Å². The number of rotatable bonds is 7. The van der Waals surface area contributed by atoms with Crippen LogP contribution in [0.25, 0.3) is 0 Å². The van der Waals surface area contributed by atoms with Crippen molar-refractivity contribution in [3.05, 3.63) is 58.5 Å². The Balaban J connectivity index is 1.97. The molecule has 122 valence electrons. The predicted molar refractivity (Wildman–Crippen MR) is 84.7 cm³/mol. The number of hydrogen-bond acceptors (Lipinski definition) is 5. The molecule has 0 unspecified atom stereocenters. The molecule has 0 fully saturated rings. The van der Waals surface area contributed by atoms with Crippen molar-refractivity contribution >= 4 is 15.8 Å². The van der Waals surface area contributed by atoms with Gasteiger partial charge in [0, 0.05) is 30.9 Å². The van der Waals surface area contributed by atoms with Crippen molar-refractivity contribution in [3.63, 3.8) is 0 Å². The van der Waals surface area contributed by atoms with E-state index < -0.39 is 10.0 Å². The summed E-state index contributed by atoms with van der Waals surface area (Å²) in [7, 11) is -3.69. The predicted octanol–water partition coefficient (Wildman–Crippen LogP) is 0.814. The fourth-order valence-electron chi connectivity index (χ4n) is 1.96. The molecule has 0 saturated heterocycles. The van der Waals surface area contributed by atoms with Gasteiger partial charge >= 0.3 is 0 Å². The highest BCUT2D eigenvalue weighted by Gasteiger charge is 2.14. The van der Waals surface area contributed by atoms with Crippen molar-refractivity contribution in [3.8, 4) is 0 Å². The second-order valence-corrected chi connectivity index (χ2v) is 6.69. The van der Waals surface area contributed by atoms with Gasteiger partial charge in [0.2, 0.25) is 10.0 Å². The van der Waals surface area contributed by atoms with Gasteiger partial charge in [-0.25, -0.2) is 17.8 Å². The van der Waals surface area contributed by atoms with Crippen LogP contribution in [0.2, 0.25) is 0 Å². The second-order valence-electron chi connectivity index (χ2n) is 4.92. The molecule has 1 aromatic heterocycles. The van der Waals surface area contributed by atoms with Crippen molar-refractivity contribution in [2.24, 2.45) is 0 Å². The lowest BCUT2D eigenvalue weighted by atomic mass is 10.2. The zero-order valence-electron chi connectivity index (χ0n) is 12.6. The summed E-state index contributed by atoms with van der Waals surface area (Å²) >= 11 is 0. The van der Waals surface area contributed by atoms with E-state index in [2.05, 4.69) is 9.82 Å². The molecule has 1 heterocycles. The van der Waals surface area contributed by atoms with E-state index in [1.165, 1.54) is 42.1 Å². The minimum Gasteiger partial charge on any atom is -0.295 e. The van der Waals surface area contributed by atoms with Crippen LogP contribution in [0.5, 0.6) is 0 Å². The maximum absolute atomic E-state index is 12.2. The summed E-state index contributed by atoms with van der Waals surface area (Å²) in [5.41, 5.74) is 0.109. The monoisotopic (exact) mass is 335 g/mol. The molecule has 0 aliphatic rings. The van der Waals surface area contributed by atoms with E-state index in [0.717, 1.165) is 0 Å².